The van der Waals surface area contributed by atoms with Crippen LogP contribution in [0.15, 0.2) is 22.4 Å². The molecule has 2 aromatic rings. The Balaban J connectivity index is 2.19. The van der Waals surface area contributed by atoms with Crippen LogP contribution in [0, 0.1) is 6.92 Å². The minimum absolute atomic E-state index is 0.184. The van der Waals surface area contributed by atoms with Gasteiger partial charge >= 0.3 is 6.03 Å². The van der Waals surface area contributed by atoms with Crippen molar-refractivity contribution < 1.29 is 9.90 Å². The lowest BCUT2D eigenvalue weighted by atomic mass is 9.92. The maximum absolute atomic E-state index is 12.6. The van der Waals surface area contributed by atoms with Gasteiger partial charge in [0.05, 0.1) is 15.5 Å². The molecule has 0 atom stereocenters. The highest BCUT2D eigenvalue weighted by molar-refractivity contribution is 7.99. The average molecular weight is 441 g/mol. The largest absolute Gasteiger partial charge is 0.386 e. The Bertz CT molecular complexity index is 855. The van der Waals surface area contributed by atoms with E-state index in [2.05, 4.69) is 37.7 Å². The van der Waals surface area contributed by atoms with Gasteiger partial charge < -0.3 is 10.4 Å². The van der Waals surface area contributed by atoms with Gasteiger partial charge in [-0.1, -0.05) is 45.4 Å². The summed E-state index contributed by atoms with van der Waals surface area (Å²) in [4.78, 5) is 13.6. The fraction of sp³-hybridized carbons (Fsp3) is 0.476. The number of aliphatic hydroxyl groups is 1. The number of carbonyl (C=O) groups excluding carboxylic acids is 1. The van der Waals surface area contributed by atoms with E-state index in [1.54, 1.807) is 25.2 Å². The van der Waals surface area contributed by atoms with Gasteiger partial charge in [0, 0.05) is 9.90 Å². The molecule has 0 radical (unpaired) electrons. The third-order valence-electron chi connectivity index (χ3n) is 4.46. The van der Waals surface area contributed by atoms with Crippen molar-refractivity contribution in [2.75, 3.05) is 5.32 Å². The van der Waals surface area contributed by atoms with Gasteiger partial charge in [0.1, 0.15) is 0 Å². The molecule has 0 saturated heterocycles. The fourth-order valence-electron chi connectivity index (χ4n) is 3.14. The summed E-state index contributed by atoms with van der Waals surface area (Å²) in [6.45, 7) is 13.8. The van der Waals surface area contributed by atoms with Gasteiger partial charge in [-0.2, -0.15) is 0 Å². The Morgan fingerprint density at radius 1 is 1.21 bits per heavy atom. The number of aryl methyl sites for hydroxylation is 1. The molecular weight excluding hydrogens is 412 g/mol. The molecule has 0 unspecified atom stereocenters. The van der Waals surface area contributed by atoms with Crippen LogP contribution in [-0.2, 0) is 5.60 Å². The number of benzene rings is 1. The summed E-state index contributed by atoms with van der Waals surface area (Å²) in [5.41, 5.74) is 2.77. The van der Waals surface area contributed by atoms with Crippen LogP contribution in [-0.4, -0.2) is 11.1 Å². The Kier molecular flexibility index (Phi) is 7.48. The molecule has 2 amide bonds. The van der Waals surface area contributed by atoms with Crippen LogP contribution in [0.4, 0.5) is 10.5 Å². The van der Waals surface area contributed by atoms with E-state index in [-0.39, 0.29) is 17.9 Å². The summed E-state index contributed by atoms with van der Waals surface area (Å²) in [5.74, 6) is 0.440. The zero-order chi connectivity index (χ0) is 21.2. The van der Waals surface area contributed by atoms with Crippen molar-refractivity contribution >= 4 is 46.6 Å². The third-order valence-corrected chi connectivity index (χ3v) is 6.74. The highest BCUT2D eigenvalue weighted by Crippen LogP contribution is 2.38. The Labute approximate surface area is 181 Å². The SMILES string of the molecule is Cc1sc(SNC(=O)Nc2c(C(C)C)ccc(Cl)c2C(C)C)cc1C(C)(C)O. The number of halogens is 1. The second-order valence-electron chi connectivity index (χ2n) is 7.99. The molecule has 1 heterocycles. The number of carbonyl (C=O) groups is 1. The molecule has 28 heavy (non-hydrogen) atoms. The van der Waals surface area contributed by atoms with E-state index in [1.165, 1.54) is 11.9 Å². The maximum Gasteiger partial charge on any atom is 0.329 e. The molecule has 0 saturated carbocycles. The first-order valence-corrected chi connectivity index (χ1v) is 11.3. The molecule has 0 aliphatic rings. The molecule has 4 nitrogen and oxygen atoms in total. The monoisotopic (exact) mass is 440 g/mol. The number of anilines is 1. The van der Waals surface area contributed by atoms with Crippen molar-refractivity contribution in [3.8, 4) is 0 Å². The first-order chi connectivity index (χ1) is 12.9. The van der Waals surface area contributed by atoms with Crippen LogP contribution in [0.1, 0.15) is 74.9 Å². The second kappa shape index (κ2) is 9.08. The third kappa shape index (κ3) is 5.44. The molecule has 1 aromatic carbocycles. The van der Waals surface area contributed by atoms with Crippen molar-refractivity contribution in [2.45, 2.75) is 70.1 Å². The minimum atomic E-state index is -0.902. The molecule has 0 spiro atoms. The predicted octanol–water partition coefficient (Wildman–Crippen LogP) is 7.01. The van der Waals surface area contributed by atoms with Crippen molar-refractivity contribution in [2.24, 2.45) is 0 Å². The van der Waals surface area contributed by atoms with Crippen LogP contribution in [0.2, 0.25) is 5.02 Å². The predicted molar refractivity (Wildman–Crippen MR) is 122 cm³/mol. The molecule has 7 heteroatoms. The van der Waals surface area contributed by atoms with Gasteiger partial charge in [-0.15, -0.1) is 11.3 Å². The van der Waals surface area contributed by atoms with E-state index < -0.39 is 5.60 Å². The van der Waals surface area contributed by atoms with E-state index in [0.29, 0.717) is 5.02 Å². The van der Waals surface area contributed by atoms with E-state index >= 15 is 0 Å². The number of hydrogen-bond donors (Lipinski definition) is 3. The molecule has 0 aliphatic carbocycles. The van der Waals surface area contributed by atoms with Crippen LogP contribution in [0.5, 0.6) is 0 Å². The lowest BCUT2D eigenvalue weighted by Gasteiger charge is -2.21. The van der Waals surface area contributed by atoms with Crippen molar-refractivity contribution in [3.63, 3.8) is 0 Å². The lowest BCUT2D eigenvalue weighted by molar-refractivity contribution is 0.0783. The van der Waals surface area contributed by atoms with Gasteiger partial charge in [0.2, 0.25) is 0 Å². The van der Waals surface area contributed by atoms with Gasteiger partial charge in [0.25, 0.3) is 0 Å². The topological polar surface area (TPSA) is 61.4 Å². The standard InChI is InChI=1S/C21H29ClN2O2S2/c1-11(2)14-8-9-16(22)18(12(3)4)19(14)23-20(25)24-28-17-10-15(13(5)27-17)21(6,7)26/h8-12,26H,1-7H3,(H2,23,24,25). The van der Waals surface area contributed by atoms with E-state index in [4.69, 9.17) is 11.6 Å². The summed E-state index contributed by atoms with van der Waals surface area (Å²) in [6.07, 6.45) is 0. The summed E-state index contributed by atoms with van der Waals surface area (Å²) < 4.78 is 3.76. The molecule has 1 aromatic heterocycles. The minimum Gasteiger partial charge on any atom is -0.386 e. The molecule has 3 N–H and O–H groups in total. The first-order valence-electron chi connectivity index (χ1n) is 9.31. The molecule has 2 rings (SSSR count). The zero-order valence-corrected chi connectivity index (χ0v) is 19.8. The number of amides is 2. The normalized spacial score (nSPS) is 12.0. The number of hydrogen-bond acceptors (Lipinski definition) is 4. The van der Waals surface area contributed by atoms with Crippen LogP contribution >= 0.6 is 34.9 Å². The highest BCUT2D eigenvalue weighted by Gasteiger charge is 2.22. The zero-order valence-electron chi connectivity index (χ0n) is 17.4. The highest BCUT2D eigenvalue weighted by atomic mass is 35.5. The Morgan fingerprint density at radius 2 is 1.86 bits per heavy atom. The molecule has 154 valence electrons. The molecule has 0 aliphatic heterocycles. The van der Waals surface area contributed by atoms with Crippen molar-refractivity contribution in [1.29, 1.82) is 0 Å². The summed E-state index contributed by atoms with van der Waals surface area (Å²) >= 11 is 9.21. The number of urea groups is 1. The molecular formula is C21H29ClN2O2S2. The van der Waals surface area contributed by atoms with Crippen LogP contribution in [0.3, 0.4) is 0 Å². The quantitative estimate of drug-likeness (QED) is 0.423. The average Bonchev–Trinajstić information content (AvgIpc) is 2.93. The van der Waals surface area contributed by atoms with Crippen LogP contribution < -0.4 is 10.0 Å². The van der Waals surface area contributed by atoms with E-state index in [9.17, 15) is 9.90 Å². The van der Waals surface area contributed by atoms with E-state index in [1.807, 2.05) is 25.1 Å². The van der Waals surface area contributed by atoms with Gasteiger partial charge in [-0.25, -0.2) is 4.79 Å². The summed E-state index contributed by atoms with van der Waals surface area (Å²) in [5, 5.41) is 13.9. The summed E-state index contributed by atoms with van der Waals surface area (Å²) in [6, 6.07) is 5.49. The number of nitrogens with one attached hydrogen (secondary N) is 2. The van der Waals surface area contributed by atoms with Gasteiger partial charge in [-0.3, -0.25) is 4.72 Å². The first kappa shape index (κ1) is 23.1. The van der Waals surface area contributed by atoms with Gasteiger partial charge in [0.15, 0.2) is 0 Å². The number of rotatable bonds is 6. The molecule has 0 bridgehead atoms. The van der Waals surface area contributed by atoms with Crippen molar-refractivity contribution in [3.05, 3.63) is 44.8 Å². The Morgan fingerprint density at radius 3 is 2.36 bits per heavy atom. The molecule has 0 fully saturated rings. The van der Waals surface area contributed by atoms with Crippen LogP contribution in [0.25, 0.3) is 0 Å². The van der Waals surface area contributed by atoms with Gasteiger partial charge in [-0.05, 0) is 73.4 Å². The smallest absolute Gasteiger partial charge is 0.329 e. The Hall–Kier alpha value is -1.21. The lowest BCUT2D eigenvalue weighted by Crippen LogP contribution is -2.24. The summed E-state index contributed by atoms with van der Waals surface area (Å²) in [7, 11) is 0. The van der Waals surface area contributed by atoms with Crippen molar-refractivity contribution in [1.82, 2.24) is 4.72 Å². The maximum atomic E-state index is 12.6. The fourth-order valence-corrected chi connectivity index (χ4v) is 5.50. The van der Waals surface area contributed by atoms with E-state index in [0.717, 1.165) is 31.5 Å². The number of thiophene rings is 1. The second-order valence-corrected chi connectivity index (χ2v) is 10.8.